The number of nitrogens with zero attached hydrogens (tertiary/aromatic N) is 3. The van der Waals surface area contributed by atoms with Crippen molar-refractivity contribution in [3.05, 3.63) is 11.2 Å². The first-order chi connectivity index (χ1) is 13.5. The van der Waals surface area contributed by atoms with E-state index in [1.54, 1.807) is 10.5 Å². The van der Waals surface area contributed by atoms with Gasteiger partial charge in [-0.2, -0.15) is 4.31 Å². The van der Waals surface area contributed by atoms with Crippen LogP contribution < -0.4 is 0 Å². The van der Waals surface area contributed by atoms with Gasteiger partial charge in [-0.05, 0) is 32.1 Å². The molecule has 5 aliphatic rings. The molecule has 1 atom stereocenters. The van der Waals surface area contributed by atoms with Crippen molar-refractivity contribution in [1.82, 2.24) is 14.2 Å². The highest BCUT2D eigenvalue weighted by molar-refractivity contribution is 7.91. The molecule has 0 amide bonds. The van der Waals surface area contributed by atoms with E-state index in [2.05, 4.69) is 9.88 Å². The molecule has 0 N–H and O–H groups in total. The van der Waals surface area contributed by atoms with E-state index in [4.69, 9.17) is 9.47 Å². The molecule has 2 saturated carbocycles. The molecule has 6 rings (SSSR count). The summed E-state index contributed by atoms with van der Waals surface area (Å²) in [6.45, 7) is 5.06. The Kier molecular flexibility index (Phi) is 4.04. The van der Waals surface area contributed by atoms with Gasteiger partial charge in [0.25, 0.3) is 10.0 Å². The second-order valence-corrected chi connectivity index (χ2v) is 12.7. The van der Waals surface area contributed by atoms with Crippen LogP contribution in [-0.4, -0.2) is 80.2 Å². The second-order valence-electron chi connectivity index (χ2n) is 9.44. The highest BCUT2D eigenvalue weighted by Crippen LogP contribution is 2.50. The average Bonchev–Trinajstić information content (AvgIpc) is 3.19. The van der Waals surface area contributed by atoms with Crippen LogP contribution in [0.3, 0.4) is 0 Å². The Bertz CT molecular complexity index is 871. The van der Waals surface area contributed by atoms with Gasteiger partial charge in [-0.15, -0.1) is 11.3 Å². The lowest BCUT2D eigenvalue weighted by Gasteiger charge is -2.56. The predicted molar refractivity (Wildman–Crippen MR) is 104 cm³/mol. The Morgan fingerprint density at radius 3 is 2.71 bits per heavy atom. The molecule has 2 spiro atoms. The fraction of sp³-hybridized carbons (Fsp3) is 0.842. The number of sulfonamides is 1. The maximum atomic E-state index is 13.2. The summed E-state index contributed by atoms with van der Waals surface area (Å²) in [6, 6.07) is 0.612. The molecular weight excluding hydrogens is 398 g/mol. The summed E-state index contributed by atoms with van der Waals surface area (Å²) in [6.07, 6.45) is 7.18. The summed E-state index contributed by atoms with van der Waals surface area (Å²) in [5.41, 5.74) is 0.100. The first-order valence-electron chi connectivity index (χ1n) is 10.4. The van der Waals surface area contributed by atoms with Gasteiger partial charge in [0.05, 0.1) is 36.6 Å². The topological polar surface area (TPSA) is 72.0 Å². The third-order valence-electron chi connectivity index (χ3n) is 7.25. The van der Waals surface area contributed by atoms with Gasteiger partial charge in [-0.3, -0.25) is 4.90 Å². The third-order valence-corrected chi connectivity index (χ3v) is 10.7. The van der Waals surface area contributed by atoms with Crippen LogP contribution in [0.1, 0.15) is 43.0 Å². The van der Waals surface area contributed by atoms with Crippen LogP contribution >= 0.6 is 11.3 Å². The highest BCUT2D eigenvalue weighted by atomic mass is 32.2. The minimum Gasteiger partial charge on any atom is -0.380 e. The molecule has 1 aromatic heterocycles. The lowest BCUT2D eigenvalue weighted by molar-refractivity contribution is -0.185. The molecule has 154 valence electrons. The maximum Gasteiger partial charge on any atom is 0.254 e. The number of morpholine rings is 1. The van der Waals surface area contributed by atoms with Crippen LogP contribution in [-0.2, 0) is 19.5 Å². The normalized spacial score (nSPS) is 34.0. The van der Waals surface area contributed by atoms with Gasteiger partial charge in [0.15, 0.2) is 4.21 Å². The zero-order valence-electron chi connectivity index (χ0n) is 16.0. The van der Waals surface area contributed by atoms with Crippen LogP contribution in [0.15, 0.2) is 10.4 Å². The van der Waals surface area contributed by atoms with Gasteiger partial charge in [0.2, 0.25) is 0 Å². The number of hydrogen-bond donors (Lipinski definition) is 0. The predicted octanol–water partition coefficient (Wildman–Crippen LogP) is 1.66. The fourth-order valence-corrected chi connectivity index (χ4v) is 8.28. The van der Waals surface area contributed by atoms with Gasteiger partial charge in [0.1, 0.15) is 0 Å². The van der Waals surface area contributed by atoms with E-state index in [0.717, 1.165) is 50.6 Å². The lowest BCUT2D eigenvalue weighted by atomic mass is 9.63. The fourth-order valence-electron chi connectivity index (χ4n) is 5.31. The largest absolute Gasteiger partial charge is 0.380 e. The summed E-state index contributed by atoms with van der Waals surface area (Å²) < 4.78 is 40.1. The molecule has 28 heavy (non-hydrogen) atoms. The van der Waals surface area contributed by atoms with E-state index in [1.807, 2.05) is 0 Å². The molecule has 0 aromatic carbocycles. The summed E-state index contributed by atoms with van der Waals surface area (Å²) in [7, 11) is -3.48. The van der Waals surface area contributed by atoms with E-state index in [-0.39, 0.29) is 5.60 Å². The lowest BCUT2D eigenvalue weighted by Crippen LogP contribution is -2.60. The van der Waals surface area contributed by atoms with Crippen molar-refractivity contribution in [1.29, 1.82) is 0 Å². The Hall–Kier alpha value is -0.580. The maximum absolute atomic E-state index is 13.2. The van der Waals surface area contributed by atoms with Gasteiger partial charge in [-0.25, -0.2) is 13.4 Å². The van der Waals surface area contributed by atoms with E-state index in [9.17, 15) is 8.42 Å². The molecule has 1 unspecified atom stereocenters. The monoisotopic (exact) mass is 425 g/mol. The minimum atomic E-state index is -3.48. The Balaban J connectivity index is 1.14. The molecule has 7 nitrogen and oxygen atoms in total. The minimum absolute atomic E-state index is 0.353. The molecule has 5 fully saturated rings. The number of likely N-dealkylation sites (tertiary alicyclic amines) is 1. The van der Waals surface area contributed by atoms with Crippen LogP contribution in [0.25, 0.3) is 0 Å². The smallest absolute Gasteiger partial charge is 0.254 e. The van der Waals surface area contributed by atoms with Crippen LogP contribution in [0.5, 0.6) is 0 Å². The summed E-state index contributed by atoms with van der Waals surface area (Å²) in [5, 5.41) is 0.979. The number of ether oxygens (including phenoxy) is 2. The van der Waals surface area contributed by atoms with Gasteiger partial charge in [-0.1, -0.05) is 0 Å². The average molecular weight is 426 g/mol. The number of hydrogen-bond acceptors (Lipinski definition) is 7. The SMILES string of the molecule is O=S(=O)(c1cnc(C2CC2)s1)N1CCOC2(CCN(C3CC4(COC4)C3)C2)C1. The standard InChI is InChI=1S/C19H27N3O4S2/c23-28(24,16-9-20-17(27-16)14-1-2-14)22-5-6-26-19(11-22)3-4-21(10-19)15-7-18(8-15)12-25-13-18/h9,14-15H,1-8,10-13H2. The van der Waals surface area contributed by atoms with Gasteiger partial charge < -0.3 is 9.47 Å². The van der Waals surface area contributed by atoms with E-state index >= 15 is 0 Å². The summed E-state index contributed by atoms with van der Waals surface area (Å²) in [4.78, 5) is 6.90. The van der Waals surface area contributed by atoms with Crippen molar-refractivity contribution in [2.24, 2.45) is 5.41 Å². The molecule has 1 aromatic rings. The molecule has 3 saturated heterocycles. The third kappa shape index (κ3) is 2.89. The van der Waals surface area contributed by atoms with Crippen molar-refractivity contribution < 1.29 is 17.9 Å². The quantitative estimate of drug-likeness (QED) is 0.731. The second kappa shape index (κ2) is 6.21. The number of aromatic nitrogens is 1. The van der Waals surface area contributed by atoms with Crippen molar-refractivity contribution in [3.63, 3.8) is 0 Å². The van der Waals surface area contributed by atoms with Crippen LogP contribution in [0.2, 0.25) is 0 Å². The van der Waals surface area contributed by atoms with Crippen molar-refractivity contribution in [2.75, 3.05) is 46.0 Å². The van der Waals surface area contributed by atoms with Crippen LogP contribution in [0.4, 0.5) is 0 Å². The van der Waals surface area contributed by atoms with Crippen molar-refractivity contribution in [2.45, 2.75) is 53.9 Å². The zero-order valence-corrected chi connectivity index (χ0v) is 17.6. The first kappa shape index (κ1) is 18.2. The molecule has 0 bridgehead atoms. The molecule has 0 radical (unpaired) electrons. The summed E-state index contributed by atoms with van der Waals surface area (Å²) >= 11 is 1.36. The van der Waals surface area contributed by atoms with E-state index < -0.39 is 10.0 Å². The molecular formula is C19H27N3O4S2. The van der Waals surface area contributed by atoms with Crippen molar-refractivity contribution in [3.8, 4) is 0 Å². The Morgan fingerprint density at radius 1 is 1.18 bits per heavy atom. The zero-order chi connectivity index (χ0) is 19.0. The summed E-state index contributed by atoms with van der Waals surface area (Å²) in [5.74, 6) is 0.486. The Labute approximate surface area is 170 Å². The van der Waals surface area contributed by atoms with Gasteiger partial charge in [0, 0.05) is 43.6 Å². The molecule has 4 heterocycles. The van der Waals surface area contributed by atoms with Crippen LogP contribution in [0, 0.1) is 5.41 Å². The van der Waals surface area contributed by atoms with Crippen molar-refractivity contribution >= 4 is 21.4 Å². The Morgan fingerprint density at radius 2 is 2.00 bits per heavy atom. The molecule has 2 aliphatic carbocycles. The molecule has 3 aliphatic heterocycles. The molecule has 9 heteroatoms. The van der Waals surface area contributed by atoms with Gasteiger partial charge >= 0.3 is 0 Å². The van der Waals surface area contributed by atoms with E-state index in [0.29, 0.717) is 41.3 Å². The number of rotatable bonds is 4. The number of thiazole rings is 1. The van der Waals surface area contributed by atoms with E-state index in [1.165, 1.54) is 24.2 Å². The highest BCUT2D eigenvalue weighted by Gasteiger charge is 2.55. The first-order valence-corrected chi connectivity index (χ1v) is 12.6.